The molecule has 1 saturated heterocycles. The average molecular weight is 256 g/mol. The average Bonchev–Trinajstić information content (AvgIpc) is 2.58. The fourth-order valence-corrected chi connectivity index (χ4v) is 2.84. The highest BCUT2D eigenvalue weighted by atomic mass is 35.5. The first-order valence-corrected chi connectivity index (χ1v) is 6.40. The van der Waals surface area contributed by atoms with E-state index < -0.39 is 0 Å². The van der Waals surface area contributed by atoms with Crippen LogP contribution in [0.5, 0.6) is 0 Å². The number of carbonyl (C=O) groups excluding carboxylic acids is 1. The van der Waals surface area contributed by atoms with Gasteiger partial charge < -0.3 is 4.90 Å². The molecule has 2 atom stereocenters. The Labute approximate surface area is 107 Å². The Balaban J connectivity index is 2.30. The van der Waals surface area contributed by atoms with E-state index >= 15 is 0 Å². The number of aromatic nitrogens is 2. The Hall–Kier alpha value is -1.03. The van der Waals surface area contributed by atoms with Crippen LogP contribution in [0.1, 0.15) is 43.6 Å². The second-order valence-corrected chi connectivity index (χ2v) is 5.21. The molecule has 1 amide bonds. The number of halogens is 1. The van der Waals surface area contributed by atoms with E-state index in [0.29, 0.717) is 10.7 Å². The molecule has 94 valence electrons. The molecule has 0 aliphatic carbocycles. The van der Waals surface area contributed by atoms with Crippen molar-refractivity contribution in [2.45, 2.75) is 45.2 Å². The van der Waals surface area contributed by atoms with Crippen molar-refractivity contribution in [2.75, 3.05) is 0 Å². The molecule has 2 rings (SSSR count). The summed E-state index contributed by atoms with van der Waals surface area (Å²) < 4.78 is 1.55. The third-order valence-corrected chi connectivity index (χ3v) is 3.80. The Morgan fingerprint density at radius 2 is 2.00 bits per heavy atom. The number of amides is 1. The van der Waals surface area contributed by atoms with Crippen LogP contribution in [-0.2, 0) is 7.05 Å². The van der Waals surface area contributed by atoms with Crippen LogP contribution in [0.2, 0.25) is 5.02 Å². The number of aryl methyl sites for hydroxylation is 1. The molecule has 0 spiro atoms. The lowest BCUT2D eigenvalue weighted by Crippen LogP contribution is -2.48. The minimum atomic E-state index is -0.00491. The maximum absolute atomic E-state index is 12.5. The van der Waals surface area contributed by atoms with Gasteiger partial charge in [-0.05, 0) is 33.1 Å². The number of rotatable bonds is 1. The monoisotopic (exact) mass is 255 g/mol. The smallest absolute Gasteiger partial charge is 0.274 e. The van der Waals surface area contributed by atoms with Crippen LogP contribution in [0.3, 0.4) is 0 Å². The van der Waals surface area contributed by atoms with E-state index in [1.165, 1.54) is 12.6 Å². The van der Waals surface area contributed by atoms with E-state index in [4.69, 9.17) is 11.6 Å². The molecule has 4 nitrogen and oxygen atoms in total. The van der Waals surface area contributed by atoms with Gasteiger partial charge in [0.2, 0.25) is 0 Å². The lowest BCUT2D eigenvalue weighted by Gasteiger charge is -2.39. The van der Waals surface area contributed by atoms with Crippen LogP contribution in [0, 0.1) is 0 Å². The maximum Gasteiger partial charge on any atom is 0.274 e. The van der Waals surface area contributed by atoms with Crippen LogP contribution in [0.25, 0.3) is 0 Å². The van der Waals surface area contributed by atoms with Crippen molar-refractivity contribution < 1.29 is 4.79 Å². The van der Waals surface area contributed by atoms with Gasteiger partial charge in [0, 0.05) is 19.1 Å². The van der Waals surface area contributed by atoms with Gasteiger partial charge in [0.05, 0.1) is 11.2 Å². The highest BCUT2D eigenvalue weighted by Crippen LogP contribution is 2.26. The van der Waals surface area contributed by atoms with Crippen molar-refractivity contribution in [2.24, 2.45) is 7.05 Å². The van der Waals surface area contributed by atoms with E-state index in [9.17, 15) is 4.79 Å². The normalized spacial score (nSPS) is 25.1. The molecule has 1 aliphatic rings. The molecule has 0 radical (unpaired) electrons. The van der Waals surface area contributed by atoms with Crippen LogP contribution >= 0.6 is 11.6 Å². The number of hydrogen-bond donors (Lipinski definition) is 0. The molecular weight excluding hydrogens is 238 g/mol. The third-order valence-electron chi connectivity index (χ3n) is 3.52. The van der Waals surface area contributed by atoms with E-state index in [-0.39, 0.29) is 18.0 Å². The Bertz CT molecular complexity index is 400. The first-order valence-electron chi connectivity index (χ1n) is 6.02. The van der Waals surface area contributed by atoms with Crippen molar-refractivity contribution in [3.8, 4) is 0 Å². The lowest BCUT2D eigenvalue weighted by atomic mass is 9.97. The van der Waals surface area contributed by atoms with Gasteiger partial charge in [-0.3, -0.25) is 9.48 Å². The van der Waals surface area contributed by atoms with E-state index in [1.54, 1.807) is 11.7 Å². The van der Waals surface area contributed by atoms with Gasteiger partial charge >= 0.3 is 0 Å². The van der Waals surface area contributed by atoms with Gasteiger partial charge in [-0.1, -0.05) is 11.6 Å². The fraction of sp³-hybridized carbons (Fsp3) is 0.667. The SMILES string of the molecule is C[C@@H]1CCC[C@@H](C)N1C(=O)c1c(Cl)cnn1C. The number of hydrogen-bond acceptors (Lipinski definition) is 2. The lowest BCUT2D eigenvalue weighted by molar-refractivity contribution is 0.0499. The predicted molar refractivity (Wildman–Crippen MR) is 67.2 cm³/mol. The predicted octanol–water partition coefficient (Wildman–Crippen LogP) is 2.48. The first kappa shape index (κ1) is 12.4. The van der Waals surface area contributed by atoms with Crippen LogP contribution in [-0.4, -0.2) is 32.7 Å². The quantitative estimate of drug-likeness (QED) is 0.773. The molecule has 0 aromatic carbocycles. The Morgan fingerprint density at radius 1 is 1.41 bits per heavy atom. The largest absolute Gasteiger partial charge is 0.332 e. The Kier molecular flexibility index (Phi) is 3.43. The molecule has 17 heavy (non-hydrogen) atoms. The molecule has 5 heteroatoms. The van der Waals surface area contributed by atoms with Crippen LogP contribution < -0.4 is 0 Å². The summed E-state index contributed by atoms with van der Waals surface area (Å²) in [6.07, 6.45) is 4.83. The Morgan fingerprint density at radius 3 is 2.47 bits per heavy atom. The summed E-state index contributed by atoms with van der Waals surface area (Å²) >= 11 is 6.02. The van der Waals surface area contributed by atoms with Crippen molar-refractivity contribution in [1.29, 1.82) is 0 Å². The minimum absolute atomic E-state index is 0.00491. The standard InChI is InChI=1S/C12H18ClN3O/c1-8-5-4-6-9(2)16(8)12(17)11-10(13)7-14-15(11)3/h7-9H,4-6H2,1-3H3/t8-,9-/m1/s1. The molecule has 2 heterocycles. The summed E-state index contributed by atoms with van der Waals surface area (Å²) in [5.74, 6) is -0.00491. The first-order chi connectivity index (χ1) is 8.02. The minimum Gasteiger partial charge on any atom is -0.332 e. The van der Waals surface area contributed by atoms with Crippen LogP contribution in [0.15, 0.2) is 6.20 Å². The number of piperidine rings is 1. The van der Waals surface area contributed by atoms with Crippen molar-refractivity contribution >= 4 is 17.5 Å². The summed E-state index contributed by atoms with van der Waals surface area (Å²) in [5, 5.41) is 4.45. The van der Waals surface area contributed by atoms with Gasteiger partial charge in [0.25, 0.3) is 5.91 Å². The van der Waals surface area contributed by atoms with Gasteiger partial charge in [0.1, 0.15) is 5.69 Å². The zero-order valence-electron chi connectivity index (χ0n) is 10.5. The van der Waals surface area contributed by atoms with E-state index in [0.717, 1.165) is 12.8 Å². The molecule has 0 bridgehead atoms. The second-order valence-electron chi connectivity index (χ2n) is 4.81. The van der Waals surface area contributed by atoms with E-state index in [1.807, 2.05) is 4.90 Å². The molecule has 0 saturated carbocycles. The number of likely N-dealkylation sites (tertiary alicyclic amines) is 1. The molecule has 1 aromatic rings. The van der Waals surface area contributed by atoms with Gasteiger partial charge in [-0.2, -0.15) is 5.10 Å². The molecule has 0 N–H and O–H groups in total. The van der Waals surface area contributed by atoms with Crippen molar-refractivity contribution in [3.63, 3.8) is 0 Å². The molecule has 1 aromatic heterocycles. The second kappa shape index (κ2) is 4.69. The van der Waals surface area contributed by atoms with Crippen molar-refractivity contribution in [1.82, 2.24) is 14.7 Å². The number of nitrogens with zero attached hydrogens (tertiary/aromatic N) is 3. The highest BCUT2D eigenvalue weighted by molar-refractivity contribution is 6.33. The molecule has 1 fully saturated rings. The highest BCUT2D eigenvalue weighted by Gasteiger charge is 2.32. The zero-order chi connectivity index (χ0) is 12.6. The summed E-state index contributed by atoms with van der Waals surface area (Å²) in [6, 6.07) is 0.550. The fourth-order valence-electron chi connectivity index (χ4n) is 2.60. The maximum atomic E-state index is 12.5. The third kappa shape index (κ3) is 2.18. The topological polar surface area (TPSA) is 38.1 Å². The summed E-state index contributed by atoms with van der Waals surface area (Å²) in [6.45, 7) is 4.19. The van der Waals surface area contributed by atoms with Gasteiger partial charge in [-0.15, -0.1) is 0 Å². The van der Waals surface area contributed by atoms with E-state index in [2.05, 4.69) is 18.9 Å². The molecule has 1 aliphatic heterocycles. The zero-order valence-corrected chi connectivity index (χ0v) is 11.2. The van der Waals surface area contributed by atoms with Gasteiger partial charge in [-0.25, -0.2) is 0 Å². The summed E-state index contributed by atoms with van der Waals surface area (Å²) in [5.41, 5.74) is 0.493. The van der Waals surface area contributed by atoms with Crippen LogP contribution in [0.4, 0.5) is 0 Å². The van der Waals surface area contributed by atoms with Crippen molar-refractivity contribution in [3.05, 3.63) is 16.9 Å². The molecule has 0 unspecified atom stereocenters. The molecular formula is C12H18ClN3O. The van der Waals surface area contributed by atoms with Gasteiger partial charge in [0.15, 0.2) is 0 Å². The summed E-state index contributed by atoms with van der Waals surface area (Å²) in [4.78, 5) is 14.4. The number of carbonyl (C=O) groups is 1. The summed E-state index contributed by atoms with van der Waals surface area (Å²) in [7, 11) is 1.75.